The standard InChI is InChI=1S/C7H14N2/c1-4-5-6(2)9-7(3)8/h4-5,7H,8H2,1-3H3. The smallest absolute Gasteiger partial charge is 0.0943 e. The Labute approximate surface area is 56.5 Å². The Morgan fingerprint density at radius 3 is 2.56 bits per heavy atom. The van der Waals surface area contributed by atoms with Gasteiger partial charge >= 0.3 is 0 Å². The SMILES string of the molecule is CC=CC(C)=NC(C)N. The Hall–Kier alpha value is -0.630. The van der Waals surface area contributed by atoms with Crippen molar-refractivity contribution in [1.29, 1.82) is 0 Å². The first-order chi connectivity index (χ1) is 4.16. The van der Waals surface area contributed by atoms with E-state index in [1.165, 1.54) is 0 Å². The van der Waals surface area contributed by atoms with E-state index in [1.807, 2.05) is 32.9 Å². The molecule has 0 amide bonds. The molecule has 0 bridgehead atoms. The van der Waals surface area contributed by atoms with Crippen molar-refractivity contribution < 1.29 is 0 Å². The summed E-state index contributed by atoms with van der Waals surface area (Å²) in [5, 5.41) is 0. The van der Waals surface area contributed by atoms with Crippen molar-refractivity contribution in [3.05, 3.63) is 12.2 Å². The first kappa shape index (κ1) is 8.37. The molecule has 0 radical (unpaired) electrons. The lowest BCUT2D eigenvalue weighted by molar-refractivity contribution is 0.793. The van der Waals surface area contributed by atoms with Gasteiger partial charge in [-0.3, -0.25) is 4.99 Å². The molecule has 0 fully saturated rings. The molecular weight excluding hydrogens is 112 g/mol. The van der Waals surface area contributed by atoms with E-state index in [9.17, 15) is 0 Å². The molecule has 0 aliphatic heterocycles. The average Bonchev–Trinajstić information content (AvgIpc) is 1.63. The van der Waals surface area contributed by atoms with E-state index in [1.54, 1.807) is 0 Å². The largest absolute Gasteiger partial charge is 0.310 e. The highest BCUT2D eigenvalue weighted by atomic mass is 14.9. The molecule has 0 spiro atoms. The van der Waals surface area contributed by atoms with Crippen molar-refractivity contribution in [3.63, 3.8) is 0 Å². The van der Waals surface area contributed by atoms with Gasteiger partial charge in [-0.15, -0.1) is 0 Å². The molecule has 0 saturated heterocycles. The molecule has 0 heterocycles. The van der Waals surface area contributed by atoms with Gasteiger partial charge in [0, 0.05) is 5.71 Å². The van der Waals surface area contributed by atoms with E-state index < -0.39 is 0 Å². The molecule has 0 saturated carbocycles. The second kappa shape index (κ2) is 4.27. The predicted octanol–water partition coefficient (Wildman–Crippen LogP) is 1.33. The minimum atomic E-state index is -0.0822. The van der Waals surface area contributed by atoms with Gasteiger partial charge in [-0.25, -0.2) is 0 Å². The van der Waals surface area contributed by atoms with Gasteiger partial charge < -0.3 is 5.73 Å². The van der Waals surface area contributed by atoms with Crippen LogP contribution in [-0.2, 0) is 0 Å². The van der Waals surface area contributed by atoms with Crippen LogP contribution in [0.1, 0.15) is 20.8 Å². The fourth-order valence-electron chi connectivity index (χ4n) is 0.605. The third-order valence-corrected chi connectivity index (χ3v) is 0.815. The maximum atomic E-state index is 5.40. The average molecular weight is 126 g/mol. The number of allylic oxidation sites excluding steroid dienone is 2. The minimum absolute atomic E-state index is 0.0822. The Balaban J connectivity index is 3.84. The fraction of sp³-hybridized carbons (Fsp3) is 0.571. The minimum Gasteiger partial charge on any atom is -0.310 e. The van der Waals surface area contributed by atoms with E-state index in [0.717, 1.165) is 5.71 Å². The lowest BCUT2D eigenvalue weighted by Crippen LogP contribution is -2.12. The van der Waals surface area contributed by atoms with Gasteiger partial charge in [-0.1, -0.05) is 6.08 Å². The maximum Gasteiger partial charge on any atom is 0.0943 e. The number of hydrogen-bond acceptors (Lipinski definition) is 2. The summed E-state index contributed by atoms with van der Waals surface area (Å²) in [4.78, 5) is 4.07. The lowest BCUT2D eigenvalue weighted by atomic mass is 10.4. The van der Waals surface area contributed by atoms with Gasteiger partial charge in [0.15, 0.2) is 0 Å². The third-order valence-electron chi connectivity index (χ3n) is 0.815. The Kier molecular flexibility index (Phi) is 3.97. The molecule has 0 aliphatic rings. The molecule has 0 rings (SSSR count). The van der Waals surface area contributed by atoms with Gasteiger partial charge in [-0.05, 0) is 26.8 Å². The first-order valence-corrected chi connectivity index (χ1v) is 3.09. The highest BCUT2D eigenvalue weighted by molar-refractivity contribution is 5.92. The summed E-state index contributed by atoms with van der Waals surface area (Å²) in [6.07, 6.45) is 3.80. The van der Waals surface area contributed by atoms with Crippen molar-refractivity contribution in [2.24, 2.45) is 10.7 Å². The zero-order chi connectivity index (χ0) is 7.28. The Morgan fingerprint density at radius 1 is 1.67 bits per heavy atom. The number of aliphatic imine (C=N–C) groups is 1. The molecule has 9 heavy (non-hydrogen) atoms. The van der Waals surface area contributed by atoms with Crippen LogP contribution in [0, 0.1) is 0 Å². The second-order valence-corrected chi connectivity index (χ2v) is 2.01. The normalized spacial score (nSPS) is 16.7. The molecular formula is C7H14N2. The summed E-state index contributed by atoms with van der Waals surface area (Å²) < 4.78 is 0. The molecule has 1 atom stereocenters. The first-order valence-electron chi connectivity index (χ1n) is 3.09. The van der Waals surface area contributed by atoms with Gasteiger partial charge in [0.25, 0.3) is 0 Å². The number of hydrogen-bond donors (Lipinski definition) is 1. The Bertz CT molecular complexity index is 123. The van der Waals surface area contributed by atoms with Crippen molar-refractivity contribution in [1.82, 2.24) is 0 Å². The topological polar surface area (TPSA) is 38.4 Å². The molecule has 0 aliphatic carbocycles. The van der Waals surface area contributed by atoms with Crippen LogP contribution in [0.4, 0.5) is 0 Å². The summed E-state index contributed by atoms with van der Waals surface area (Å²) in [5.74, 6) is 0. The van der Waals surface area contributed by atoms with Crippen molar-refractivity contribution in [2.45, 2.75) is 26.9 Å². The predicted molar refractivity (Wildman–Crippen MR) is 41.6 cm³/mol. The maximum absolute atomic E-state index is 5.40. The lowest BCUT2D eigenvalue weighted by Gasteiger charge is -1.96. The molecule has 52 valence electrons. The van der Waals surface area contributed by atoms with E-state index >= 15 is 0 Å². The van der Waals surface area contributed by atoms with Crippen LogP contribution in [0.15, 0.2) is 17.1 Å². The van der Waals surface area contributed by atoms with Crippen molar-refractivity contribution in [2.75, 3.05) is 0 Å². The highest BCUT2D eigenvalue weighted by Gasteiger charge is 1.85. The van der Waals surface area contributed by atoms with Gasteiger partial charge in [-0.2, -0.15) is 0 Å². The van der Waals surface area contributed by atoms with Gasteiger partial charge in [0.2, 0.25) is 0 Å². The molecule has 2 heteroatoms. The summed E-state index contributed by atoms with van der Waals surface area (Å²) in [7, 11) is 0. The van der Waals surface area contributed by atoms with Crippen LogP contribution in [0.2, 0.25) is 0 Å². The summed E-state index contributed by atoms with van der Waals surface area (Å²) in [6, 6.07) is 0. The zero-order valence-electron chi connectivity index (χ0n) is 6.26. The Morgan fingerprint density at radius 2 is 2.22 bits per heavy atom. The molecule has 2 nitrogen and oxygen atoms in total. The van der Waals surface area contributed by atoms with E-state index in [0.29, 0.717) is 0 Å². The van der Waals surface area contributed by atoms with Crippen LogP contribution < -0.4 is 5.73 Å². The van der Waals surface area contributed by atoms with Crippen LogP contribution in [-0.4, -0.2) is 11.9 Å². The molecule has 1 unspecified atom stereocenters. The van der Waals surface area contributed by atoms with Crippen LogP contribution in [0.3, 0.4) is 0 Å². The van der Waals surface area contributed by atoms with Gasteiger partial charge in [0.05, 0.1) is 6.17 Å². The summed E-state index contributed by atoms with van der Waals surface area (Å²) in [5.41, 5.74) is 6.38. The zero-order valence-corrected chi connectivity index (χ0v) is 6.26. The quantitative estimate of drug-likeness (QED) is 0.557. The number of nitrogens with zero attached hydrogens (tertiary/aromatic N) is 1. The second-order valence-electron chi connectivity index (χ2n) is 2.01. The van der Waals surface area contributed by atoms with E-state index in [2.05, 4.69) is 4.99 Å². The number of nitrogens with two attached hydrogens (primary N) is 1. The molecule has 0 aromatic carbocycles. The van der Waals surface area contributed by atoms with Crippen LogP contribution in [0.5, 0.6) is 0 Å². The van der Waals surface area contributed by atoms with Gasteiger partial charge in [0.1, 0.15) is 0 Å². The summed E-state index contributed by atoms with van der Waals surface area (Å²) >= 11 is 0. The molecule has 2 N–H and O–H groups in total. The molecule has 0 aromatic rings. The van der Waals surface area contributed by atoms with Crippen molar-refractivity contribution >= 4 is 5.71 Å². The van der Waals surface area contributed by atoms with Crippen LogP contribution >= 0.6 is 0 Å². The monoisotopic (exact) mass is 126 g/mol. The summed E-state index contributed by atoms with van der Waals surface area (Å²) in [6.45, 7) is 5.75. The van der Waals surface area contributed by atoms with E-state index in [4.69, 9.17) is 5.73 Å². The van der Waals surface area contributed by atoms with E-state index in [-0.39, 0.29) is 6.17 Å². The fourth-order valence-corrected chi connectivity index (χ4v) is 0.605. The third kappa shape index (κ3) is 5.24. The van der Waals surface area contributed by atoms with Crippen molar-refractivity contribution in [3.8, 4) is 0 Å². The number of rotatable bonds is 2. The highest BCUT2D eigenvalue weighted by Crippen LogP contribution is 1.83. The molecule has 0 aromatic heterocycles. The van der Waals surface area contributed by atoms with Crippen LogP contribution in [0.25, 0.3) is 0 Å².